The fourth-order valence-electron chi connectivity index (χ4n) is 3.73. The van der Waals surface area contributed by atoms with Crippen LogP contribution in [0.1, 0.15) is 42.9 Å². The molecule has 1 aliphatic rings. The van der Waals surface area contributed by atoms with Crippen LogP contribution in [0.5, 0.6) is 0 Å². The molecule has 1 saturated heterocycles. The number of nitrogens with zero attached hydrogens (tertiary/aromatic N) is 1. The number of benzene rings is 2. The molecular weight excluding hydrogens is 381 g/mol. The zero-order valence-electron chi connectivity index (χ0n) is 17.5. The van der Waals surface area contributed by atoms with E-state index in [1.165, 1.54) is 37.0 Å². The molecule has 5 nitrogen and oxygen atoms in total. The van der Waals surface area contributed by atoms with E-state index in [-0.39, 0.29) is 30.6 Å². The van der Waals surface area contributed by atoms with Crippen molar-refractivity contribution in [3.63, 3.8) is 0 Å². The van der Waals surface area contributed by atoms with Gasteiger partial charge in [0.15, 0.2) is 0 Å². The Labute approximate surface area is 177 Å². The average Bonchev–Trinajstić information content (AvgIpc) is 2.73. The molecule has 2 aromatic rings. The summed E-state index contributed by atoms with van der Waals surface area (Å²) in [5.74, 6) is -0.949. The molecule has 2 aromatic carbocycles. The van der Waals surface area contributed by atoms with E-state index in [0.29, 0.717) is 18.2 Å². The second-order valence-electron chi connectivity index (χ2n) is 7.99. The van der Waals surface area contributed by atoms with Gasteiger partial charge in [-0.1, -0.05) is 42.8 Å². The molecule has 1 heterocycles. The molecular formula is C24H30FN3O2. The molecule has 2 amide bonds. The van der Waals surface area contributed by atoms with E-state index in [2.05, 4.69) is 34.6 Å². The Balaban J connectivity index is 1.37. The number of carbonyl (C=O) groups excluding carboxylic acids is 2. The van der Waals surface area contributed by atoms with Crippen LogP contribution in [0, 0.1) is 5.82 Å². The third-order valence-corrected chi connectivity index (χ3v) is 5.54. The van der Waals surface area contributed by atoms with E-state index in [4.69, 9.17) is 0 Å². The normalized spacial score (nSPS) is 16.8. The van der Waals surface area contributed by atoms with Crippen LogP contribution in [0.3, 0.4) is 0 Å². The Morgan fingerprint density at radius 3 is 2.50 bits per heavy atom. The standard InChI is InChI=1S/C24H30FN3O2/c1-18-5-2-3-12-28(18)17-20-10-8-19(9-11-20)15-26-24(30)16-27-23(29)14-21-6-4-7-22(25)13-21/h4,6-11,13,18H,2-3,5,12,14-17H2,1H3,(H,26,30)(H,27,29). The lowest BCUT2D eigenvalue weighted by molar-refractivity contribution is -0.125. The highest BCUT2D eigenvalue weighted by Gasteiger charge is 2.18. The van der Waals surface area contributed by atoms with Crippen molar-refractivity contribution >= 4 is 11.8 Å². The Bertz CT molecular complexity index is 854. The number of amides is 2. The minimum absolute atomic E-state index is 0.0438. The van der Waals surface area contributed by atoms with E-state index in [9.17, 15) is 14.0 Å². The lowest BCUT2D eigenvalue weighted by atomic mass is 10.0. The fraction of sp³-hybridized carbons (Fsp3) is 0.417. The summed E-state index contributed by atoms with van der Waals surface area (Å²) < 4.78 is 13.2. The SMILES string of the molecule is CC1CCCCN1Cc1ccc(CNC(=O)CNC(=O)Cc2cccc(F)c2)cc1. The maximum atomic E-state index is 13.2. The molecule has 1 unspecified atom stereocenters. The first-order chi connectivity index (χ1) is 14.5. The van der Waals surface area contributed by atoms with Crippen LogP contribution < -0.4 is 10.6 Å². The minimum Gasteiger partial charge on any atom is -0.350 e. The number of nitrogens with one attached hydrogen (secondary N) is 2. The van der Waals surface area contributed by atoms with E-state index in [1.807, 2.05) is 12.1 Å². The Morgan fingerprint density at radius 1 is 1.00 bits per heavy atom. The monoisotopic (exact) mass is 411 g/mol. The molecule has 0 saturated carbocycles. The van der Waals surface area contributed by atoms with Gasteiger partial charge in [0.05, 0.1) is 13.0 Å². The summed E-state index contributed by atoms with van der Waals surface area (Å²) >= 11 is 0. The predicted molar refractivity (Wildman–Crippen MR) is 115 cm³/mol. The molecule has 1 atom stereocenters. The molecule has 6 heteroatoms. The second kappa shape index (κ2) is 10.9. The van der Waals surface area contributed by atoms with Gasteiger partial charge in [-0.05, 0) is 55.1 Å². The van der Waals surface area contributed by atoms with Crippen LogP contribution in [0.2, 0.25) is 0 Å². The minimum atomic E-state index is -0.380. The third kappa shape index (κ3) is 6.95. The number of halogens is 1. The Hall–Kier alpha value is -2.73. The largest absolute Gasteiger partial charge is 0.350 e. The predicted octanol–water partition coefficient (Wildman–Crippen LogP) is 3.18. The first-order valence-electron chi connectivity index (χ1n) is 10.6. The van der Waals surface area contributed by atoms with Gasteiger partial charge in [0, 0.05) is 19.1 Å². The summed E-state index contributed by atoms with van der Waals surface area (Å²) in [7, 11) is 0. The van der Waals surface area contributed by atoms with E-state index in [0.717, 1.165) is 18.7 Å². The highest BCUT2D eigenvalue weighted by molar-refractivity contribution is 5.85. The highest BCUT2D eigenvalue weighted by Crippen LogP contribution is 2.19. The number of hydrogen-bond donors (Lipinski definition) is 2. The smallest absolute Gasteiger partial charge is 0.239 e. The van der Waals surface area contributed by atoms with Crippen molar-refractivity contribution in [1.82, 2.24) is 15.5 Å². The van der Waals surface area contributed by atoms with Crippen LogP contribution in [0.25, 0.3) is 0 Å². The van der Waals surface area contributed by atoms with Crippen molar-refractivity contribution in [3.8, 4) is 0 Å². The second-order valence-corrected chi connectivity index (χ2v) is 7.99. The lowest BCUT2D eigenvalue weighted by Gasteiger charge is -2.33. The van der Waals surface area contributed by atoms with Crippen LogP contribution in [0.4, 0.5) is 4.39 Å². The molecule has 1 aliphatic heterocycles. The number of likely N-dealkylation sites (tertiary alicyclic amines) is 1. The molecule has 2 N–H and O–H groups in total. The van der Waals surface area contributed by atoms with Crippen LogP contribution in [-0.4, -0.2) is 35.8 Å². The average molecular weight is 412 g/mol. The summed E-state index contributed by atoms with van der Waals surface area (Å²) in [6.07, 6.45) is 3.90. The first kappa shape index (κ1) is 22.0. The molecule has 30 heavy (non-hydrogen) atoms. The summed E-state index contributed by atoms with van der Waals surface area (Å²) in [4.78, 5) is 26.4. The topological polar surface area (TPSA) is 61.4 Å². The van der Waals surface area contributed by atoms with Crippen molar-refractivity contribution in [3.05, 3.63) is 71.0 Å². The molecule has 0 spiro atoms. The molecule has 3 rings (SSSR count). The van der Waals surface area contributed by atoms with Gasteiger partial charge in [0.2, 0.25) is 11.8 Å². The summed E-state index contributed by atoms with van der Waals surface area (Å²) in [5, 5.41) is 5.38. The maximum absolute atomic E-state index is 13.2. The van der Waals surface area contributed by atoms with E-state index in [1.54, 1.807) is 12.1 Å². The van der Waals surface area contributed by atoms with Gasteiger partial charge in [-0.25, -0.2) is 4.39 Å². The number of carbonyl (C=O) groups is 2. The highest BCUT2D eigenvalue weighted by atomic mass is 19.1. The van der Waals surface area contributed by atoms with Crippen LogP contribution >= 0.6 is 0 Å². The summed E-state index contributed by atoms with van der Waals surface area (Å²) in [5.41, 5.74) is 2.88. The van der Waals surface area contributed by atoms with Crippen LogP contribution in [-0.2, 0) is 29.1 Å². The summed E-state index contributed by atoms with van der Waals surface area (Å²) in [6, 6.07) is 14.8. The maximum Gasteiger partial charge on any atom is 0.239 e. The molecule has 160 valence electrons. The Morgan fingerprint density at radius 2 is 1.77 bits per heavy atom. The van der Waals surface area contributed by atoms with Gasteiger partial charge in [-0.15, -0.1) is 0 Å². The van der Waals surface area contributed by atoms with Crippen molar-refractivity contribution in [2.75, 3.05) is 13.1 Å². The van der Waals surface area contributed by atoms with Gasteiger partial charge in [-0.3, -0.25) is 14.5 Å². The Kier molecular flexibility index (Phi) is 7.97. The van der Waals surface area contributed by atoms with Crippen LogP contribution in [0.15, 0.2) is 48.5 Å². The van der Waals surface area contributed by atoms with Crippen molar-refractivity contribution < 1.29 is 14.0 Å². The molecule has 0 aliphatic carbocycles. The number of rotatable bonds is 8. The van der Waals surface area contributed by atoms with Gasteiger partial charge in [-0.2, -0.15) is 0 Å². The number of piperidine rings is 1. The molecule has 0 bridgehead atoms. The van der Waals surface area contributed by atoms with Crippen molar-refractivity contribution in [2.45, 2.75) is 51.7 Å². The van der Waals surface area contributed by atoms with Crippen molar-refractivity contribution in [2.24, 2.45) is 0 Å². The fourth-order valence-corrected chi connectivity index (χ4v) is 3.73. The van der Waals surface area contributed by atoms with Crippen molar-refractivity contribution in [1.29, 1.82) is 0 Å². The zero-order valence-corrected chi connectivity index (χ0v) is 17.5. The van der Waals surface area contributed by atoms with Gasteiger partial charge >= 0.3 is 0 Å². The van der Waals surface area contributed by atoms with E-state index >= 15 is 0 Å². The van der Waals surface area contributed by atoms with Gasteiger partial charge < -0.3 is 10.6 Å². The zero-order chi connectivity index (χ0) is 21.3. The number of hydrogen-bond acceptors (Lipinski definition) is 3. The quantitative estimate of drug-likeness (QED) is 0.701. The van der Waals surface area contributed by atoms with E-state index < -0.39 is 0 Å². The first-order valence-corrected chi connectivity index (χ1v) is 10.6. The van der Waals surface area contributed by atoms with Gasteiger partial charge in [0.25, 0.3) is 0 Å². The lowest BCUT2D eigenvalue weighted by Crippen LogP contribution is -2.37. The van der Waals surface area contributed by atoms with Gasteiger partial charge in [0.1, 0.15) is 5.82 Å². The summed E-state index contributed by atoms with van der Waals surface area (Å²) in [6.45, 7) is 4.73. The molecule has 1 fully saturated rings. The molecule has 0 aromatic heterocycles. The third-order valence-electron chi connectivity index (χ3n) is 5.54. The molecule has 0 radical (unpaired) electrons.